The van der Waals surface area contributed by atoms with Gasteiger partial charge in [-0.1, -0.05) is 0 Å². The molecule has 2 heterocycles. The molecule has 0 saturated carbocycles. The zero-order valence-electron chi connectivity index (χ0n) is 8.12. The van der Waals surface area contributed by atoms with Gasteiger partial charge < -0.3 is 10.1 Å². The fourth-order valence-corrected chi connectivity index (χ4v) is 1.62. The molecule has 0 fully saturated rings. The number of methoxy groups -OCH3 is 1. The van der Waals surface area contributed by atoms with Crippen LogP contribution in [0.4, 0.5) is 0 Å². The smallest absolute Gasteiger partial charge is 0.219 e. The van der Waals surface area contributed by atoms with Crippen molar-refractivity contribution in [3.8, 4) is 5.88 Å². The van der Waals surface area contributed by atoms with Crippen LogP contribution in [0.5, 0.6) is 5.88 Å². The molecule has 1 aromatic heterocycles. The largest absolute Gasteiger partial charge is 0.481 e. The third-order valence-electron chi connectivity index (χ3n) is 2.28. The number of aromatic nitrogens is 2. The molecule has 0 amide bonds. The van der Waals surface area contributed by atoms with Crippen molar-refractivity contribution in [1.29, 1.82) is 0 Å². The summed E-state index contributed by atoms with van der Waals surface area (Å²) < 4.78 is 5.19. The molecular formula is C9H14ClN3O. The number of hydrogen-bond acceptors (Lipinski definition) is 4. The number of rotatable bonds is 1. The third-order valence-corrected chi connectivity index (χ3v) is 2.28. The standard InChI is InChI=1S/C9H13N3O.ClH/c1-13-9-7-2-4-10-5-3-8(7)11-6-12-9;/h6,10H,2-5H2,1H3;1H. The van der Waals surface area contributed by atoms with E-state index < -0.39 is 0 Å². The Kier molecular flexibility index (Phi) is 4.10. The van der Waals surface area contributed by atoms with Crippen LogP contribution in [-0.4, -0.2) is 30.2 Å². The van der Waals surface area contributed by atoms with E-state index in [0.717, 1.165) is 43.1 Å². The molecule has 0 bridgehead atoms. The summed E-state index contributed by atoms with van der Waals surface area (Å²) in [6.07, 6.45) is 3.50. The second kappa shape index (κ2) is 5.12. The fraction of sp³-hybridized carbons (Fsp3) is 0.556. The van der Waals surface area contributed by atoms with E-state index in [9.17, 15) is 0 Å². The first-order valence-corrected chi connectivity index (χ1v) is 4.49. The van der Waals surface area contributed by atoms with Gasteiger partial charge in [0.1, 0.15) is 6.33 Å². The minimum Gasteiger partial charge on any atom is -0.481 e. The number of nitrogens with zero attached hydrogens (tertiary/aromatic N) is 2. The number of halogens is 1. The van der Waals surface area contributed by atoms with Crippen LogP contribution in [-0.2, 0) is 12.8 Å². The highest BCUT2D eigenvalue weighted by Crippen LogP contribution is 2.19. The van der Waals surface area contributed by atoms with E-state index in [4.69, 9.17) is 4.74 Å². The summed E-state index contributed by atoms with van der Waals surface area (Å²) in [7, 11) is 1.65. The quantitative estimate of drug-likeness (QED) is 0.745. The fourth-order valence-electron chi connectivity index (χ4n) is 1.62. The number of hydrogen-bond donors (Lipinski definition) is 1. The van der Waals surface area contributed by atoms with E-state index in [2.05, 4.69) is 15.3 Å². The van der Waals surface area contributed by atoms with Crippen LogP contribution in [0.3, 0.4) is 0 Å². The van der Waals surface area contributed by atoms with Crippen molar-refractivity contribution >= 4 is 12.4 Å². The van der Waals surface area contributed by atoms with Gasteiger partial charge in [-0.15, -0.1) is 12.4 Å². The van der Waals surface area contributed by atoms with Crippen LogP contribution in [0.15, 0.2) is 6.33 Å². The van der Waals surface area contributed by atoms with Crippen LogP contribution in [0.25, 0.3) is 0 Å². The monoisotopic (exact) mass is 215 g/mol. The van der Waals surface area contributed by atoms with Gasteiger partial charge in [-0.25, -0.2) is 9.97 Å². The van der Waals surface area contributed by atoms with Crippen molar-refractivity contribution in [2.24, 2.45) is 0 Å². The summed E-state index contributed by atoms with van der Waals surface area (Å²) in [6.45, 7) is 1.98. The predicted molar refractivity (Wildman–Crippen MR) is 56.1 cm³/mol. The van der Waals surface area contributed by atoms with Crippen LogP contribution < -0.4 is 10.1 Å². The molecule has 0 aromatic carbocycles. The molecule has 0 aliphatic carbocycles. The number of fused-ring (bicyclic) bond motifs is 1. The highest BCUT2D eigenvalue weighted by atomic mass is 35.5. The van der Waals surface area contributed by atoms with Crippen molar-refractivity contribution in [3.63, 3.8) is 0 Å². The molecule has 0 atom stereocenters. The minimum absolute atomic E-state index is 0. The Bertz CT molecular complexity index is 306. The third kappa shape index (κ3) is 2.13. The Hall–Kier alpha value is -0.870. The van der Waals surface area contributed by atoms with Gasteiger partial charge in [0.2, 0.25) is 5.88 Å². The summed E-state index contributed by atoms with van der Waals surface area (Å²) in [4.78, 5) is 8.35. The van der Waals surface area contributed by atoms with Crippen LogP contribution in [0.1, 0.15) is 11.3 Å². The Morgan fingerprint density at radius 1 is 1.29 bits per heavy atom. The summed E-state index contributed by atoms with van der Waals surface area (Å²) in [6, 6.07) is 0. The molecule has 0 unspecified atom stereocenters. The maximum absolute atomic E-state index is 5.19. The number of ether oxygens (including phenoxy) is 1. The highest BCUT2D eigenvalue weighted by molar-refractivity contribution is 5.85. The Labute approximate surface area is 89.5 Å². The zero-order chi connectivity index (χ0) is 9.10. The molecule has 78 valence electrons. The predicted octanol–water partition coefficient (Wildman–Crippen LogP) is 0.595. The number of nitrogens with one attached hydrogen (secondary N) is 1. The lowest BCUT2D eigenvalue weighted by Gasteiger charge is -2.07. The van der Waals surface area contributed by atoms with Gasteiger partial charge in [0.05, 0.1) is 12.8 Å². The van der Waals surface area contributed by atoms with Gasteiger partial charge in [0.15, 0.2) is 0 Å². The molecule has 1 N–H and O–H groups in total. The molecule has 5 heteroatoms. The molecule has 2 rings (SSSR count). The lowest BCUT2D eigenvalue weighted by Crippen LogP contribution is -2.16. The van der Waals surface area contributed by atoms with Crippen molar-refractivity contribution in [2.45, 2.75) is 12.8 Å². The SMILES string of the molecule is COc1ncnc2c1CCNCC2.Cl. The van der Waals surface area contributed by atoms with E-state index in [1.807, 2.05) is 0 Å². The lowest BCUT2D eigenvalue weighted by molar-refractivity contribution is 0.390. The summed E-state index contributed by atoms with van der Waals surface area (Å²) >= 11 is 0. The van der Waals surface area contributed by atoms with E-state index in [-0.39, 0.29) is 12.4 Å². The lowest BCUT2D eigenvalue weighted by atomic mass is 10.1. The van der Waals surface area contributed by atoms with Gasteiger partial charge in [-0.05, 0) is 13.0 Å². The molecule has 4 nitrogen and oxygen atoms in total. The average Bonchev–Trinajstić information content (AvgIpc) is 2.41. The summed E-state index contributed by atoms with van der Waals surface area (Å²) in [5.41, 5.74) is 2.28. The van der Waals surface area contributed by atoms with E-state index in [0.29, 0.717) is 0 Å². The normalized spacial score (nSPS) is 14.9. The van der Waals surface area contributed by atoms with E-state index in [1.165, 1.54) is 0 Å². The van der Waals surface area contributed by atoms with Crippen molar-refractivity contribution < 1.29 is 4.74 Å². The topological polar surface area (TPSA) is 47.0 Å². The van der Waals surface area contributed by atoms with Crippen LogP contribution >= 0.6 is 12.4 Å². The second-order valence-electron chi connectivity index (χ2n) is 3.06. The minimum atomic E-state index is 0. The molecule has 0 saturated heterocycles. The summed E-state index contributed by atoms with van der Waals surface area (Å²) in [5.74, 6) is 0.730. The van der Waals surface area contributed by atoms with Crippen LogP contribution in [0.2, 0.25) is 0 Å². The van der Waals surface area contributed by atoms with Crippen molar-refractivity contribution in [1.82, 2.24) is 15.3 Å². The first kappa shape index (κ1) is 11.2. The average molecular weight is 216 g/mol. The van der Waals surface area contributed by atoms with Gasteiger partial charge in [-0.2, -0.15) is 0 Å². The molecule has 0 spiro atoms. The molecule has 14 heavy (non-hydrogen) atoms. The van der Waals surface area contributed by atoms with Gasteiger partial charge in [0.25, 0.3) is 0 Å². The van der Waals surface area contributed by atoms with Crippen molar-refractivity contribution in [3.05, 3.63) is 17.6 Å². The Morgan fingerprint density at radius 3 is 2.86 bits per heavy atom. The molecule has 0 radical (unpaired) electrons. The molecule has 1 aliphatic rings. The van der Waals surface area contributed by atoms with Crippen LogP contribution in [0, 0.1) is 0 Å². The van der Waals surface area contributed by atoms with Gasteiger partial charge in [-0.3, -0.25) is 0 Å². The maximum atomic E-state index is 5.19. The molecule has 1 aromatic rings. The Morgan fingerprint density at radius 2 is 2.07 bits per heavy atom. The summed E-state index contributed by atoms with van der Waals surface area (Å²) in [5, 5.41) is 3.32. The zero-order valence-corrected chi connectivity index (χ0v) is 8.93. The van der Waals surface area contributed by atoms with E-state index in [1.54, 1.807) is 13.4 Å². The van der Waals surface area contributed by atoms with Gasteiger partial charge in [0, 0.05) is 18.5 Å². The van der Waals surface area contributed by atoms with E-state index >= 15 is 0 Å². The second-order valence-corrected chi connectivity index (χ2v) is 3.06. The highest BCUT2D eigenvalue weighted by Gasteiger charge is 2.13. The molecule has 1 aliphatic heterocycles. The first-order chi connectivity index (χ1) is 6.42. The van der Waals surface area contributed by atoms with Crippen molar-refractivity contribution in [2.75, 3.05) is 20.2 Å². The Balaban J connectivity index is 0.000000980. The van der Waals surface area contributed by atoms with Gasteiger partial charge >= 0.3 is 0 Å². The first-order valence-electron chi connectivity index (χ1n) is 4.49. The molecular weight excluding hydrogens is 202 g/mol. The maximum Gasteiger partial charge on any atom is 0.219 e.